The molecule has 0 amide bonds. The molecule has 0 atom stereocenters. The molecule has 0 unspecified atom stereocenters. The summed E-state index contributed by atoms with van der Waals surface area (Å²) in [6.45, 7) is 11.9. The number of benzene rings is 1. The summed E-state index contributed by atoms with van der Waals surface area (Å²) in [6.07, 6.45) is 1.02. The molecule has 0 aliphatic heterocycles. The van der Waals surface area contributed by atoms with Crippen LogP contribution < -0.4 is 0 Å². The highest BCUT2D eigenvalue weighted by Gasteiger charge is 2.18. The van der Waals surface area contributed by atoms with Crippen molar-refractivity contribution in [1.82, 2.24) is 0 Å². The lowest BCUT2D eigenvalue weighted by atomic mass is 9.90. The Kier molecular flexibility index (Phi) is 5.59. The van der Waals surface area contributed by atoms with Gasteiger partial charge < -0.3 is 5.11 Å². The predicted molar refractivity (Wildman–Crippen MR) is 67.1 cm³/mol. The van der Waals surface area contributed by atoms with Gasteiger partial charge in [-0.3, -0.25) is 0 Å². The lowest BCUT2D eigenvalue weighted by Crippen LogP contribution is -2.17. The van der Waals surface area contributed by atoms with Gasteiger partial charge in [0, 0.05) is 0 Å². The number of hydrogen-bond donors (Lipinski definition) is 1. The van der Waals surface area contributed by atoms with E-state index in [9.17, 15) is 5.11 Å². The molecule has 0 radical (unpaired) electrons. The zero-order valence-corrected chi connectivity index (χ0v) is 10.9. The van der Waals surface area contributed by atoms with E-state index in [2.05, 4.69) is 19.9 Å². The van der Waals surface area contributed by atoms with Crippen LogP contribution in [-0.2, 0) is 12.0 Å². The standard InChI is InChI=1S/C12H18O.C2H6/c1-5-10-7-6-8-11(9(10)2)12(3,4)13;1-2/h6-8,13H,5H2,1-4H3;1-2H3. The monoisotopic (exact) mass is 208 g/mol. The van der Waals surface area contributed by atoms with E-state index in [1.165, 1.54) is 11.1 Å². The van der Waals surface area contributed by atoms with E-state index in [0.29, 0.717) is 0 Å². The van der Waals surface area contributed by atoms with E-state index in [-0.39, 0.29) is 0 Å². The molecule has 1 aromatic carbocycles. The Balaban J connectivity index is 0.000000921. The minimum atomic E-state index is -0.727. The van der Waals surface area contributed by atoms with Gasteiger partial charge >= 0.3 is 0 Å². The average Bonchev–Trinajstić information content (AvgIpc) is 2.19. The second kappa shape index (κ2) is 5.92. The lowest BCUT2D eigenvalue weighted by molar-refractivity contribution is 0.0778. The van der Waals surface area contributed by atoms with Gasteiger partial charge in [-0.25, -0.2) is 0 Å². The van der Waals surface area contributed by atoms with E-state index in [1.807, 2.05) is 39.8 Å². The predicted octanol–water partition coefficient (Wildman–Crippen LogP) is 3.81. The van der Waals surface area contributed by atoms with Crippen LogP contribution in [0.4, 0.5) is 0 Å². The Morgan fingerprint density at radius 2 is 1.73 bits per heavy atom. The van der Waals surface area contributed by atoms with Gasteiger partial charge in [-0.1, -0.05) is 39.0 Å². The molecule has 0 bridgehead atoms. The molecule has 1 aromatic rings. The smallest absolute Gasteiger partial charge is 0.0843 e. The van der Waals surface area contributed by atoms with Crippen LogP contribution >= 0.6 is 0 Å². The Morgan fingerprint density at radius 3 is 2.13 bits per heavy atom. The zero-order chi connectivity index (χ0) is 12.1. The summed E-state index contributed by atoms with van der Waals surface area (Å²) in [5.74, 6) is 0. The second-order valence-electron chi connectivity index (χ2n) is 4.00. The SMILES string of the molecule is CC.CCc1cccc(C(C)(C)O)c1C. The topological polar surface area (TPSA) is 20.2 Å². The second-order valence-corrected chi connectivity index (χ2v) is 4.00. The number of aliphatic hydroxyl groups is 1. The molecule has 0 spiro atoms. The number of rotatable bonds is 2. The van der Waals surface area contributed by atoms with E-state index in [4.69, 9.17) is 0 Å². The Morgan fingerprint density at radius 1 is 1.20 bits per heavy atom. The molecule has 1 N–H and O–H groups in total. The normalized spacial score (nSPS) is 10.6. The van der Waals surface area contributed by atoms with Gasteiger partial charge in [0.2, 0.25) is 0 Å². The molecule has 0 aliphatic rings. The summed E-state index contributed by atoms with van der Waals surface area (Å²) in [6, 6.07) is 6.12. The van der Waals surface area contributed by atoms with Crippen LogP contribution in [0.15, 0.2) is 18.2 Å². The van der Waals surface area contributed by atoms with Crippen LogP contribution in [0.3, 0.4) is 0 Å². The maximum atomic E-state index is 9.89. The molecule has 0 aliphatic carbocycles. The van der Waals surface area contributed by atoms with Crippen LogP contribution in [0.25, 0.3) is 0 Å². The van der Waals surface area contributed by atoms with E-state index in [1.54, 1.807) is 0 Å². The third-order valence-electron chi connectivity index (χ3n) is 2.49. The summed E-state index contributed by atoms with van der Waals surface area (Å²) in [5, 5.41) is 9.89. The largest absolute Gasteiger partial charge is 0.386 e. The molecule has 0 heterocycles. The Labute approximate surface area is 94.2 Å². The van der Waals surface area contributed by atoms with Gasteiger partial charge in [0.05, 0.1) is 5.60 Å². The number of hydrogen-bond acceptors (Lipinski definition) is 1. The summed E-state index contributed by atoms with van der Waals surface area (Å²) in [5.41, 5.74) is 2.85. The lowest BCUT2D eigenvalue weighted by Gasteiger charge is -2.21. The molecular formula is C14H24O. The fraction of sp³-hybridized carbons (Fsp3) is 0.571. The van der Waals surface area contributed by atoms with Gasteiger partial charge in [-0.15, -0.1) is 0 Å². The van der Waals surface area contributed by atoms with Crippen molar-refractivity contribution >= 4 is 0 Å². The molecule has 0 saturated heterocycles. The zero-order valence-electron chi connectivity index (χ0n) is 10.9. The van der Waals surface area contributed by atoms with Gasteiger partial charge in [-0.2, -0.15) is 0 Å². The molecule has 1 rings (SSSR count). The molecule has 15 heavy (non-hydrogen) atoms. The first-order chi connectivity index (χ1) is 6.96. The van der Waals surface area contributed by atoms with Crippen molar-refractivity contribution in [1.29, 1.82) is 0 Å². The van der Waals surface area contributed by atoms with Crippen LogP contribution in [0.5, 0.6) is 0 Å². The quantitative estimate of drug-likeness (QED) is 0.783. The summed E-state index contributed by atoms with van der Waals surface area (Å²) < 4.78 is 0. The summed E-state index contributed by atoms with van der Waals surface area (Å²) in [7, 11) is 0. The molecule has 0 fully saturated rings. The van der Waals surface area contributed by atoms with Gasteiger partial charge in [0.1, 0.15) is 0 Å². The average molecular weight is 208 g/mol. The summed E-state index contributed by atoms with van der Waals surface area (Å²) in [4.78, 5) is 0. The van der Waals surface area contributed by atoms with Gasteiger partial charge in [0.15, 0.2) is 0 Å². The molecular weight excluding hydrogens is 184 g/mol. The highest BCUT2D eigenvalue weighted by molar-refractivity contribution is 5.37. The first-order valence-corrected chi connectivity index (χ1v) is 5.78. The molecule has 86 valence electrons. The van der Waals surface area contributed by atoms with Crippen molar-refractivity contribution in [3.8, 4) is 0 Å². The van der Waals surface area contributed by atoms with E-state index >= 15 is 0 Å². The Hall–Kier alpha value is -0.820. The van der Waals surface area contributed by atoms with Gasteiger partial charge in [0.25, 0.3) is 0 Å². The van der Waals surface area contributed by atoms with Crippen molar-refractivity contribution in [2.45, 2.75) is 53.6 Å². The van der Waals surface area contributed by atoms with Crippen molar-refractivity contribution in [3.63, 3.8) is 0 Å². The fourth-order valence-electron chi connectivity index (χ4n) is 1.73. The minimum absolute atomic E-state index is 0.727. The number of aryl methyl sites for hydroxylation is 1. The third kappa shape index (κ3) is 3.67. The van der Waals surface area contributed by atoms with Crippen LogP contribution in [0.2, 0.25) is 0 Å². The maximum Gasteiger partial charge on any atom is 0.0843 e. The van der Waals surface area contributed by atoms with Crippen molar-refractivity contribution in [2.24, 2.45) is 0 Å². The summed E-state index contributed by atoms with van der Waals surface area (Å²) >= 11 is 0. The Bertz CT molecular complexity index is 295. The van der Waals surface area contributed by atoms with Gasteiger partial charge in [-0.05, 0) is 43.9 Å². The molecule has 1 heteroatoms. The first-order valence-electron chi connectivity index (χ1n) is 5.78. The minimum Gasteiger partial charge on any atom is -0.386 e. The van der Waals surface area contributed by atoms with Crippen LogP contribution in [0, 0.1) is 6.92 Å². The highest BCUT2D eigenvalue weighted by atomic mass is 16.3. The molecule has 0 aromatic heterocycles. The highest BCUT2D eigenvalue weighted by Crippen LogP contribution is 2.25. The fourth-order valence-corrected chi connectivity index (χ4v) is 1.73. The van der Waals surface area contributed by atoms with Crippen LogP contribution in [-0.4, -0.2) is 5.11 Å². The molecule has 1 nitrogen and oxygen atoms in total. The first kappa shape index (κ1) is 14.2. The van der Waals surface area contributed by atoms with Crippen LogP contribution in [0.1, 0.15) is 51.3 Å². The van der Waals surface area contributed by atoms with E-state index in [0.717, 1.165) is 12.0 Å². The maximum absolute atomic E-state index is 9.89. The molecule has 0 saturated carbocycles. The van der Waals surface area contributed by atoms with Crippen molar-refractivity contribution in [3.05, 3.63) is 34.9 Å². The third-order valence-corrected chi connectivity index (χ3v) is 2.49. The van der Waals surface area contributed by atoms with Crippen molar-refractivity contribution < 1.29 is 5.11 Å². The van der Waals surface area contributed by atoms with Crippen molar-refractivity contribution in [2.75, 3.05) is 0 Å². The van der Waals surface area contributed by atoms with E-state index < -0.39 is 5.60 Å².